The Bertz CT molecular complexity index is 853. The number of halogens is 3. The number of ether oxygens (including phenoxy) is 3. The number of imidazole rings is 1. The maximum Gasteiger partial charge on any atom is 0.573 e. The highest BCUT2D eigenvalue weighted by atomic mass is 19.4. The van der Waals surface area contributed by atoms with Crippen LogP contribution in [0.25, 0.3) is 0 Å². The van der Waals surface area contributed by atoms with Crippen molar-refractivity contribution in [1.82, 2.24) is 9.55 Å². The van der Waals surface area contributed by atoms with Gasteiger partial charge in [0.05, 0.1) is 13.2 Å². The van der Waals surface area contributed by atoms with E-state index in [9.17, 15) is 23.3 Å². The Morgan fingerprint density at radius 3 is 2.64 bits per heavy atom. The average Bonchev–Trinajstić information content (AvgIpc) is 3.02. The summed E-state index contributed by atoms with van der Waals surface area (Å²) in [6.45, 7) is 4.15. The lowest BCUT2D eigenvalue weighted by molar-refractivity contribution is -0.389. The van der Waals surface area contributed by atoms with Gasteiger partial charge in [0.2, 0.25) is 0 Å². The summed E-state index contributed by atoms with van der Waals surface area (Å²) in [5.41, 5.74) is -0.107. The summed E-state index contributed by atoms with van der Waals surface area (Å²) >= 11 is 0. The zero-order chi connectivity index (χ0) is 20.5. The van der Waals surface area contributed by atoms with Crippen molar-refractivity contribution in [3.05, 3.63) is 46.1 Å². The molecule has 152 valence electrons. The number of nitrogens with zero attached hydrogens (tertiary/aromatic N) is 3. The van der Waals surface area contributed by atoms with E-state index in [1.807, 2.05) is 13.8 Å². The van der Waals surface area contributed by atoms with Gasteiger partial charge in [-0.3, -0.25) is 4.57 Å². The molecule has 2 heterocycles. The number of fused-ring (bicyclic) bond motifs is 1. The summed E-state index contributed by atoms with van der Waals surface area (Å²) in [4.78, 5) is 14.2. The number of benzene rings is 1. The molecule has 0 spiro atoms. The van der Waals surface area contributed by atoms with Gasteiger partial charge in [-0.25, -0.2) is 0 Å². The highest BCUT2D eigenvalue weighted by molar-refractivity contribution is 5.27. The minimum absolute atomic E-state index is 0.127. The first kappa shape index (κ1) is 19.9. The molecule has 0 amide bonds. The molecule has 0 saturated heterocycles. The van der Waals surface area contributed by atoms with Crippen molar-refractivity contribution >= 4 is 5.82 Å². The number of hydrogen-bond donors (Lipinski definition) is 0. The molecule has 3 rings (SSSR count). The maximum atomic E-state index is 12.2. The molecule has 1 aliphatic heterocycles. The Balaban J connectivity index is 1.69. The Hall–Kier alpha value is -2.82. The highest BCUT2D eigenvalue weighted by Gasteiger charge is 2.44. The van der Waals surface area contributed by atoms with E-state index in [4.69, 9.17) is 9.47 Å². The minimum atomic E-state index is -4.74. The maximum absolute atomic E-state index is 12.2. The third-order valence-electron chi connectivity index (χ3n) is 4.59. The molecular weight excluding hydrogens is 383 g/mol. The molecule has 0 N–H and O–H groups in total. The summed E-state index contributed by atoms with van der Waals surface area (Å²) in [6.07, 6.45) is -3.34. The first-order valence-corrected chi connectivity index (χ1v) is 8.46. The van der Waals surface area contributed by atoms with Gasteiger partial charge in [-0.15, -0.1) is 13.2 Å². The molecule has 0 fully saturated rings. The zero-order valence-electron chi connectivity index (χ0n) is 15.1. The van der Waals surface area contributed by atoms with Crippen LogP contribution in [0.2, 0.25) is 0 Å². The van der Waals surface area contributed by atoms with Crippen molar-refractivity contribution in [2.75, 3.05) is 0 Å². The number of alkyl halides is 3. The van der Waals surface area contributed by atoms with Crippen LogP contribution in [0.3, 0.4) is 0 Å². The lowest BCUT2D eigenvalue weighted by Crippen LogP contribution is -2.51. The van der Waals surface area contributed by atoms with Crippen molar-refractivity contribution in [1.29, 1.82) is 0 Å². The van der Waals surface area contributed by atoms with Gasteiger partial charge in [0.25, 0.3) is 0 Å². The van der Waals surface area contributed by atoms with E-state index < -0.39 is 23.0 Å². The fraction of sp³-hybridized carbons (Fsp3) is 0.471. The van der Waals surface area contributed by atoms with Gasteiger partial charge in [-0.1, -0.05) is 19.1 Å². The van der Waals surface area contributed by atoms with Crippen molar-refractivity contribution in [3.63, 3.8) is 0 Å². The Kier molecular flexibility index (Phi) is 5.20. The van der Waals surface area contributed by atoms with Crippen molar-refractivity contribution in [2.24, 2.45) is 0 Å². The van der Waals surface area contributed by atoms with E-state index in [2.05, 4.69) is 9.72 Å². The molecule has 0 bridgehead atoms. The molecule has 1 aromatic heterocycles. The zero-order valence-corrected chi connectivity index (χ0v) is 15.1. The Morgan fingerprint density at radius 1 is 1.39 bits per heavy atom. The van der Waals surface area contributed by atoms with Gasteiger partial charge in [-0.05, 0) is 36.0 Å². The fourth-order valence-electron chi connectivity index (χ4n) is 2.84. The summed E-state index contributed by atoms with van der Waals surface area (Å²) < 4.78 is 53.8. The molecule has 28 heavy (non-hydrogen) atoms. The molecule has 1 unspecified atom stereocenters. The van der Waals surface area contributed by atoms with Crippen LogP contribution < -0.4 is 9.47 Å². The highest BCUT2D eigenvalue weighted by Crippen LogP contribution is 2.34. The quantitative estimate of drug-likeness (QED) is 0.540. The lowest BCUT2D eigenvalue weighted by atomic mass is 9.94. The van der Waals surface area contributed by atoms with E-state index in [1.165, 1.54) is 35.0 Å². The van der Waals surface area contributed by atoms with Crippen LogP contribution in [0.5, 0.6) is 11.8 Å². The van der Waals surface area contributed by atoms with Gasteiger partial charge in [0.1, 0.15) is 23.7 Å². The molecule has 8 nitrogen and oxygen atoms in total. The van der Waals surface area contributed by atoms with Crippen LogP contribution >= 0.6 is 0 Å². The number of aromatic nitrogens is 2. The molecule has 2 atom stereocenters. The largest absolute Gasteiger partial charge is 0.573 e. The monoisotopic (exact) mass is 401 g/mol. The summed E-state index contributed by atoms with van der Waals surface area (Å²) in [5.74, 6) is -0.625. The average molecular weight is 401 g/mol. The second-order valence-corrected chi connectivity index (χ2v) is 6.55. The van der Waals surface area contributed by atoms with Crippen molar-refractivity contribution in [3.8, 4) is 11.8 Å². The summed E-state index contributed by atoms with van der Waals surface area (Å²) in [5, 5.41) is 10.9. The number of nitro groups is 1. The second-order valence-electron chi connectivity index (χ2n) is 6.55. The van der Waals surface area contributed by atoms with Gasteiger partial charge in [0.15, 0.2) is 0 Å². The SMILES string of the molecule is CC[C@]1(C)Oc2nc([N+](=O)[O-])cn2CC1OCc1ccc(OC(F)(F)F)cc1. The molecule has 11 heteroatoms. The normalized spacial score (nSPS) is 21.7. The molecule has 0 aliphatic carbocycles. The van der Waals surface area contributed by atoms with Crippen LogP contribution in [0.4, 0.5) is 19.0 Å². The number of hydrogen-bond acceptors (Lipinski definition) is 6. The third kappa shape index (κ3) is 4.35. The predicted octanol–water partition coefficient (Wildman–Crippen LogP) is 3.84. The van der Waals surface area contributed by atoms with Gasteiger partial charge in [0, 0.05) is 4.98 Å². The van der Waals surface area contributed by atoms with E-state index in [-0.39, 0.29) is 24.2 Å². The standard InChI is InChI=1S/C17H18F3N3O5/c1-3-16(2)13(8-22-9-14(23(24)25)21-15(22)28-16)26-10-11-4-6-12(7-5-11)27-17(18,19)20/h4-7,9,13H,3,8,10H2,1-2H3/t13?,16-/m0/s1. The van der Waals surface area contributed by atoms with Gasteiger partial charge >= 0.3 is 18.2 Å². The number of rotatable bonds is 6. The smallest absolute Gasteiger partial charge is 0.437 e. The first-order valence-electron chi connectivity index (χ1n) is 8.46. The fourth-order valence-corrected chi connectivity index (χ4v) is 2.84. The van der Waals surface area contributed by atoms with Crippen LogP contribution in [-0.4, -0.2) is 32.5 Å². The first-order chi connectivity index (χ1) is 13.1. The molecular formula is C17H18F3N3O5. The van der Waals surface area contributed by atoms with Gasteiger partial charge < -0.3 is 24.3 Å². The van der Waals surface area contributed by atoms with E-state index in [0.717, 1.165) is 0 Å². The Morgan fingerprint density at radius 2 is 2.07 bits per heavy atom. The van der Waals surface area contributed by atoms with E-state index in [0.29, 0.717) is 18.5 Å². The van der Waals surface area contributed by atoms with E-state index in [1.54, 1.807) is 0 Å². The van der Waals surface area contributed by atoms with Crippen LogP contribution in [0, 0.1) is 10.1 Å². The van der Waals surface area contributed by atoms with Crippen molar-refractivity contribution in [2.45, 2.75) is 51.5 Å². The summed E-state index contributed by atoms with van der Waals surface area (Å²) in [7, 11) is 0. The summed E-state index contributed by atoms with van der Waals surface area (Å²) in [6, 6.07) is 5.52. The van der Waals surface area contributed by atoms with Crippen LogP contribution in [0.15, 0.2) is 30.5 Å². The van der Waals surface area contributed by atoms with E-state index >= 15 is 0 Å². The molecule has 0 saturated carbocycles. The van der Waals surface area contributed by atoms with Crippen LogP contribution in [-0.2, 0) is 17.9 Å². The van der Waals surface area contributed by atoms with Gasteiger partial charge in [-0.2, -0.15) is 0 Å². The van der Waals surface area contributed by atoms with Crippen molar-refractivity contribution < 1.29 is 32.3 Å². The molecule has 2 aromatic rings. The van der Waals surface area contributed by atoms with Crippen LogP contribution in [0.1, 0.15) is 25.8 Å². The third-order valence-corrected chi connectivity index (χ3v) is 4.59. The molecule has 1 aromatic carbocycles. The topological polar surface area (TPSA) is 88.7 Å². The lowest BCUT2D eigenvalue weighted by Gasteiger charge is -2.39. The Labute approximate surface area is 158 Å². The minimum Gasteiger partial charge on any atom is -0.437 e. The predicted molar refractivity (Wildman–Crippen MR) is 89.9 cm³/mol. The molecule has 0 radical (unpaired) electrons. The second kappa shape index (κ2) is 7.30. The molecule has 1 aliphatic rings.